The third-order valence-electron chi connectivity index (χ3n) is 3.86. The first-order valence-electron chi connectivity index (χ1n) is 7.37. The summed E-state index contributed by atoms with van der Waals surface area (Å²) in [5, 5.41) is 9.37. The third kappa shape index (κ3) is 3.31. The standard InChI is InChI=1S/C13H23N5O3S/c1-9-12(10(2)17-16-9)22(20,21)18-7-3-4-11(8-18)13(19)15-6-5-14/h11H,3-8,14H2,1-2H3,(H,15,19)(H,16,17). The Labute approximate surface area is 130 Å². The molecule has 2 rings (SSSR count). The maximum Gasteiger partial charge on any atom is 0.246 e. The lowest BCUT2D eigenvalue weighted by atomic mass is 9.99. The van der Waals surface area contributed by atoms with Gasteiger partial charge in [-0.05, 0) is 26.7 Å². The minimum atomic E-state index is -3.63. The molecule has 1 aromatic heterocycles. The van der Waals surface area contributed by atoms with Crippen molar-refractivity contribution in [2.75, 3.05) is 26.2 Å². The van der Waals surface area contributed by atoms with Crippen LogP contribution in [-0.2, 0) is 14.8 Å². The number of amides is 1. The summed E-state index contributed by atoms with van der Waals surface area (Å²) in [6.45, 7) is 4.74. The van der Waals surface area contributed by atoms with Gasteiger partial charge in [0.05, 0.1) is 17.3 Å². The molecule has 1 aromatic rings. The second-order valence-electron chi connectivity index (χ2n) is 5.55. The van der Waals surface area contributed by atoms with Crippen LogP contribution in [0.25, 0.3) is 0 Å². The molecule has 22 heavy (non-hydrogen) atoms. The number of rotatable bonds is 5. The topological polar surface area (TPSA) is 121 Å². The first-order valence-corrected chi connectivity index (χ1v) is 8.81. The van der Waals surface area contributed by atoms with Crippen molar-refractivity contribution in [3.05, 3.63) is 11.4 Å². The molecule has 0 saturated carbocycles. The fourth-order valence-corrected chi connectivity index (χ4v) is 4.62. The van der Waals surface area contributed by atoms with Crippen molar-refractivity contribution in [3.63, 3.8) is 0 Å². The van der Waals surface area contributed by atoms with E-state index in [9.17, 15) is 13.2 Å². The molecule has 9 heteroatoms. The van der Waals surface area contributed by atoms with E-state index in [0.717, 1.165) is 0 Å². The number of aromatic amines is 1. The molecule has 0 aromatic carbocycles. The van der Waals surface area contributed by atoms with Crippen LogP contribution in [0.15, 0.2) is 4.90 Å². The number of hydrogen-bond donors (Lipinski definition) is 3. The minimum absolute atomic E-state index is 0.133. The molecular formula is C13H23N5O3S. The van der Waals surface area contributed by atoms with Gasteiger partial charge in [-0.25, -0.2) is 8.42 Å². The van der Waals surface area contributed by atoms with Gasteiger partial charge in [0.15, 0.2) is 0 Å². The molecule has 1 amide bonds. The number of nitrogens with one attached hydrogen (secondary N) is 2. The van der Waals surface area contributed by atoms with Crippen LogP contribution < -0.4 is 11.1 Å². The Balaban J connectivity index is 2.17. The molecule has 124 valence electrons. The van der Waals surface area contributed by atoms with Crippen molar-refractivity contribution in [1.82, 2.24) is 19.8 Å². The Hall–Kier alpha value is -1.45. The Morgan fingerprint density at radius 3 is 2.82 bits per heavy atom. The lowest BCUT2D eigenvalue weighted by Crippen LogP contribution is -2.46. The second kappa shape index (κ2) is 6.76. The van der Waals surface area contributed by atoms with Crippen LogP contribution in [0.3, 0.4) is 0 Å². The Kier molecular flexibility index (Phi) is 5.20. The SMILES string of the molecule is Cc1n[nH]c(C)c1S(=O)(=O)N1CCCC(C(=O)NCCN)C1. The van der Waals surface area contributed by atoms with Gasteiger partial charge in [0.1, 0.15) is 4.90 Å². The summed E-state index contributed by atoms with van der Waals surface area (Å²) >= 11 is 0. The first kappa shape index (κ1) is 16.9. The van der Waals surface area contributed by atoms with Gasteiger partial charge in [0.2, 0.25) is 15.9 Å². The molecular weight excluding hydrogens is 306 g/mol. The van der Waals surface area contributed by atoms with Crippen LogP contribution in [0.5, 0.6) is 0 Å². The quantitative estimate of drug-likeness (QED) is 0.672. The highest BCUT2D eigenvalue weighted by Crippen LogP contribution is 2.26. The van der Waals surface area contributed by atoms with Crippen LogP contribution >= 0.6 is 0 Å². The van der Waals surface area contributed by atoms with E-state index in [0.29, 0.717) is 43.9 Å². The summed E-state index contributed by atoms with van der Waals surface area (Å²) in [7, 11) is -3.63. The number of nitrogens with zero attached hydrogens (tertiary/aromatic N) is 2. The maximum atomic E-state index is 12.8. The lowest BCUT2D eigenvalue weighted by Gasteiger charge is -2.31. The molecule has 1 fully saturated rings. The van der Waals surface area contributed by atoms with Crippen molar-refractivity contribution in [2.24, 2.45) is 11.7 Å². The van der Waals surface area contributed by atoms with Crippen LogP contribution in [0.1, 0.15) is 24.2 Å². The van der Waals surface area contributed by atoms with Crippen LogP contribution in [0.2, 0.25) is 0 Å². The average molecular weight is 329 g/mol. The molecule has 1 unspecified atom stereocenters. The summed E-state index contributed by atoms with van der Waals surface area (Å²) in [6.07, 6.45) is 1.35. The van der Waals surface area contributed by atoms with E-state index >= 15 is 0 Å². The number of nitrogens with two attached hydrogens (primary N) is 1. The van der Waals surface area contributed by atoms with Crippen molar-refractivity contribution < 1.29 is 13.2 Å². The van der Waals surface area contributed by atoms with Gasteiger partial charge in [0.25, 0.3) is 0 Å². The van der Waals surface area contributed by atoms with E-state index in [1.807, 2.05) is 0 Å². The molecule has 8 nitrogen and oxygen atoms in total. The maximum absolute atomic E-state index is 12.8. The van der Waals surface area contributed by atoms with Crippen LogP contribution in [0.4, 0.5) is 0 Å². The highest BCUT2D eigenvalue weighted by atomic mass is 32.2. The largest absolute Gasteiger partial charge is 0.355 e. The number of aromatic nitrogens is 2. The molecule has 1 saturated heterocycles. The van der Waals surface area contributed by atoms with Crippen LogP contribution in [-0.4, -0.2) is 55.0 Å². The third-order valence-corrected chi connectivity index (χ3v) is 5.99. The van der Waals surface area contributed by atoms with E-state index in [1.165, 1.54) is 4.31 Å². The first-order chi connectivity index (χ1) is 10.4. The Morgan fingerprint density at radius 1 is 1.50 bits per heavy atom. The van der Waals surface area contributed by atoms with E-state index in [-0.39, 0.29) is 23.3 Å². The number of sulfonamides is 1. The average Bonchev–Trinajstić information content (AvgIpc) is 2.84. The van der Waals surface area contributed by atoms with Gasteiger partial charge < -0.3 is 11.1 Å². The summed E-state index contributed by atoms with van der Waals surface area (Å²) in [6, 6.07) is 0. The number of carbonyl (C=O) groups excluding carboxylic acids is 1. The highest BCUT2D eigenvalue weighted by molar-refractivity contribution is 7.89. The molecule has 1 aliphatic rings. The predicted molar refractivity (Wildman–Crippen MR) is 81.6 cm³/mol. The van der Waals surface area contributed by atoms with Crippen LogP contribution in [0, 0.1) is 19.8 Å². The Morgan fingerprint density at radius 2 is 2.23 bits per heavy atom. The number of aryl methyl sites for hydroxylation is 2. The van der Waals surface area contributed by atoms with Crippen molar-refractivity contribution in [3.8, 4) is 0 Å². The van der Waals surface area contributed by atoms with Gasteiger partial charge >= 0.3 is 0 Å². The van der Waals surface area contributed by atoms with Gasteiger partial charge in [-0.2, -0.15) is 9.40 Å². The number of hydrogen-bond acceptors (Lipinski definition) is 5. The molecule has 1 aliphatic heterocycles. The zero-order chi connectivity index (χ0) is 16.3. The van der Waals surface area contributed by atoms with Gasteiger partial charge in [-0.1, -0.05) is 0 Å². The van der Waals surface area contributed by atoms with E-state index in [1.54, 1.807) is 13.8 Å². The van der Waals surface area contributed by atoms with Gasteiger partial charge in [-0.3, -0.25) is 9.89 Å². The summed E-state index contributed by atoms with van der Waals surface area (Å²) in [5.74, 6) is -0.464. The molecule has 0 aliphatic carbocycles. The number of piperidine rings is 1. The molecule has 0 bridgehead atoms. The zero-order valence-corrected chi connectivity index (χ0v) is 13.7. The second-order valence-corrected chi connectivity index (χ2v) is 7.42. The van der Waals surface area contributed by atoms with Crippen molar-refractivity contribution in [1.29, 1.82) is 0 Å². The number of carbonyl (C=O) groups is 1. The monoisotopic (exact) mass is 329 g/mol. The summed E-state index contributed by atoms with van der Waals surface area (Å²) in [5.41, 5.74) is 6.34. The molecule has 1 atom stereocenters. The molecule has 4 N–H and O–H groups in total. The Bertz CT molecular complexity index is 621. The van der Waals surface area contributed by atoms with E-state index in [2.05, 4.69) is 15.5 Å². The number of H-pyrrole nitrogens is 1. The normalized spacial score (nSPS) is 20.0. The fourth-order valence-electron chi connectivity index (χ4n) is 2.76. The predicted octanol–water partition coefficient (Wildman–Crippen LogP) is -0.498. The van der Waals surface area contributed by atoms with Crippen molar-refractivity contribution in [2.45, 2.75) is 31.6 Å². The molecule has 0 radical (unpaired) electrons. The summed E-state index contributed by atoms with van der Waals surface area (Å²) in [4.78, 5) is 12.3. The fraction of sp³-hybridized carbons (Fsp3) is 0.692. The zero-order valence-electron chi connectivity index (χ0n) is 12.9. The smallest absolute Gasteiger partial charge is 0.246 e. The van der Waals surface area contributed by atoms with Gasteiger partial charge in [0, 0.05) is 26.2 Å². The van der Waals surface area contributed by atoms with Crippen molar-refractivity contribution >= 4 is 15.9 Å². The van der Waals surface area contributed by atoms with Gasteiger partial charge in [-0.15, -0.1) is 0 Å². The molecule has 0 spiro atoms. The highest BCUT2D eigenvalue weighted by Gasteiger charge is 2.35. The molecule has 2 heterocycles. The summed E-state index contributed by atoms with van der Waals surface area (Å²) < 4.78 is 27.0. The minimum Gasteiger partial charge on any atom is -0.355 e. The van der Waals surface area contributed by atoms with E-state index < -0.39 is 10.0 Å². The lowest BCUT2D eigenvalue weighted by molar-refractivity contribution is -0.126. The van der Waals surface area contributed by atoms with E-state index in [4.69, 9.17) is 5.73 Å².